The minimum absolute atomic E-state index is 0.470. The van der Waals surface area contributed by atoms with Crippen LogP contribution in [-0.2, 0) is 0 Å². The molecule has 0 atom stereocenters. The molecule has 2 rings (SSSR count). The molecule has 1 aliphatic carbocycles. The maximum atomic E-state index is 5.85. The zero-order valence-corrected chi connectivity index (χ0v) is 11.3. The minimum atomic E-state index is 0.470. The van der Waals surface area contributed by atoms with Gasteiger partial charge in [-0.1, -0.05) is 26.7 Å². The first-order valence-electron chi connectivity index (χ1n) is 6.78. The van der Waals surface area contributed by atoms with Gasteiger partial charge >= 0.3 is 0 Å². The van der Waals surface area contributed by atoms with E-state index in [1.165, 1.54) is 19.3 Å². The molecule has 0 amide bonds. The van der Waals surface area contributed by atoms with E-state index in [2.05, 4.69) is 24.1 Å². The molecular formula is C14H23N3O. The number of anilines is 2. The van der Waals surface area contributed by atoms with Crippen molar-refractivity contribution >= 4 is 11.5 Å². The molecule has 3 N–H and O–H groups in total. The summed E-state index contributed by atoms with van der Waals surface area (Å²) in [5.74, 6) is 2.80. The third kappa shape index (κ3) is 4.09. The highest BCUT2D eigenvalue weighted by atomic mass is 16.5. The summed E-state index contributed by atoms with van der Waals surface area (Å²) in [6.07, 6.45) is 4.01. The van der Waals surface area contributed by atoms with Gasteiger partial charge in [0.2, 0.25) is 5.88 Å². The highest BCUT2D eigenvalue weighted by Gasteiger charge is 2.20. The number of nitrogens with zero attached hydrogens (tertiary/aromatic N) is 1. The van der Waals surface area contributed by atoms with Gasteiger partial charge in [-0.2, -0.15) is 4.98 Å². The van der Waals surface area contributed by atoms with Crippen molar-refractivity contribution in [3.8, 4) is 5.88 Å². The fourth-order valence-corrected chi connectivity index (χ4v) is 1.72. The molecule has 0 aliphatic heterocycles. The van der Waals surface area contributed by atoms with Crippen molar-refractivity contribution < 1.29 is 4.74 Å². The van der Waals surface area contributed by atoms with E-state index in [0.29, 0.717) is 24.1 Å². The number of hydrogen-bond acceptors (Lipinski definition) is 4. The van der Waals surface area contributed by atoms with Gasteiger partial charge in [0.05, 0.1) is 12.3 Å². The number of nitrogens with two attached hydrogens (primary N) is 1. The fourth-order valence-electron chi connectivity index (χ4n) is 1.72. The number of pyridine rings is 1. The highest BCUT2D eigenvalue weighted by Crippen LogP contribution is 2.32. The molecule has 0 bridgehead atoms. The molecule has 0 spiro atoms. The summed E-state index contributed by atoms with van der Waals surface area (Å²) in [7, 11) is 0. The van der Waals surface area contributed by atoms with E-state index >= 15 is 0 Å². The average molecular weight is 249 g/mol. The third-order valence-corrected chi connectivity index (χ3v) is 3.00. The minimum Gasteiger partial charge on any atom is -0.476 e. The number of rotatable bonds is 7. The van der Waals surface area contributed by atoms with E-state index in [9.17, 15) is 0 Å². The molecule has 0 saturated heterocycles. The second kappa shape index (κ2) is 5.94. The molecule has 100 valence electrons. The van der Waals surface area contributed by atoms with E-state index in [4.69, 9.17) is 10.5 Å². The molecule has 0 radical (unpaired) electrons. The van der Waals surface area contributed by atoms with E-state index in [0.717, 1.165) is 18.3 Å². The van der Waals surface area contributed by atoms with Crippen LogP contribution in [0.3, 0.4) is 0 Å². The van der Waals surface area contributed by atoms with Gasteiger partial charge in [-0.15, -0.1) is 0 Å². The number of hydrogen-bond donors (Lipinski definition) is 2. The molecule has 0 aromatic carbocycles. The van der Waals surface area contributed by atoms with Crippen LogP contribution in [0.4, 0.5) is 11.5 Å². The topological polar surface area (TPSA) is 60.2 Å². The molecular weight excluding hydrogens is 226 g/mol. The zero-order valence-electron chi connectivity index (χ0n) is 11.3. The van der Waals surface area contributed by atoms with Crippen LogP contribution in [0.15, 0.2) is 12.1 Å². The van der Waals surface area contributed by atoms with E-state index < -0.39 is 0 Å². The average Bonchev–Trinajstić information content (AvgIpc) is 3.13. The highest BCUT2D eigenvalue weighted by molar-refractivity contribution is 5.53. The normalized spacial score (nSPS) is 14.8. The zero-order chi connectivity index (χ0) is 13.0. The lowest BCUT2D eigenvalue weighted by Crippen LogP contribution is -2.09. The second-order valence-electron chi connectivity index (χ2n) is 5.45. The molecule has 1 aliphatic rings. The lowest BCUT2D eigenvalue weighted by molar-refractivity contribution is 0.263. The quantitative estimate of drug-likeness (QED) is 0.780. The van der Waals surface area contributed by atoms with Crippen molar-refractivity contribution in [1.29, 1.82) is 0 Å². The van der Waals surface area contributed by atoms with Gasteiger partial charge in [0.15, 0.2) is 0 Å². The Morgan fingerprint density at radius 1 is 1.44 bits per heavy atom. The van der Waals surface area contributed by atoms with Crippen LogP contribution in [0.25, 0.3) is 0 Å². The third-order valence-electron chi connectivity index (χ3n) is 3.00. The Hall–Kier alpha value is -1.45. The van der Waals surface area contributed by atoms with Gasteiger partial charge in [0.1, 0.15) is 5.82 Å². The number of nitrogens with one attached hydrogen (secondary N) is 1. The van der Waals surface area contributed by atoms with Crippen LogP contribution in [0.2, 0.25) is 0 Å². The van der Waals surface area contributed by atoms with E-state index in [-0.39, 0.29) is 0 Å². The summed E-state index contributed by atoms with van der Waals surface area (Å²) in [6.45, 7) is 5.83. The molecule has 0 unspecified atom stereocenters. The second-order valence-corrected chi connectivity index (χ2v) is 5.45. The SMILES string of the molecule is CC(C)COc1nc(NCCC2CC2)ccc1N. The molecule has 4 nitrogen and oxygen atoms in total. The molecule has 4 heteroatoms. The van der Waals surface area contributed by atoms with Crippen molar-refractivity contribution in [2.45, 2.75) is 33.1 Å². The molecule has 1 fully saturated rings. The predicted molar refractivity (Wildman–Crippen MR) is 74.8 cm³/mol. The van der Waals surface area contributed by atoms with Crippen LogP contribution in [0, 0.1) is 11.8 Å². The first kappa shape index (κ1) is 13.0. The van der Waals surface area contributed by atoms with E-state index in [1.54, 1.807) is 0 Å². The smallest absolute Gasteiger partial charge is 0.239 e. The van der Waals surface area contributed by atoms with Gasteiger partial charge in [0.25, 0.3) is 0 Å². The first-order chi connectivity index (χ1) is 8.65. The molecule has 18 heavy (non-hydrogen) atoms. The van der Waals surface area contributed by atoms with Gasteiger partial charge in [0, 0.05) is 6.54 Å². The summed E-state index contributed by atoms with van der Waals surface area (Å²) < 4.78 is 5.60. The van der Waals surface area contributed by atoms with Crippen molar-refractivity contribution in [2.75, 3.05) is 24.2 Å². The summed E-state index contributed by atoms with van der Waals surface area (Å²) >= 11 is 0. The number of aromatic nitrogens is 1. The fraction of sp³-hybridized carbons (Fsp3) is 0.643. The predicted octanol–water partition coefficient (Wildman–Crippen LogP) is 2.91. The Morgan fingerprint density at radius 3 is 2.89 bits per heavy atom. The van der Waals surface area contributed by atoms with Gasteiger partial charge in [-0.3, -0.25) is 0 Å². The standard InChI is InChI=1S/C14H23N3O/c1-10(2)9-18-14-12(15)5-6-13(17-14)16-8-7-11-3-4-11/h5-6,10-11H,3-4,7-9,15H2,1-2H3,(H,16,17). The van der Waals surface area contributed by atoms with Gasteiger partial charge < -0.3 is 15.8 Å². The maximum absolute atomic E-state index is 5.85. The summed E-state index contributed by atoms with van der Waals surface area (Å²) in [4.78, 5) is 4.40. The van der Waals surface area contributed by atoms with Crippen molar-refractivity contribution in [3.05, 3.63) is 12.1 Å². The molecule has 1 aromatic heterocycles. The van der Waals surface area contributed by atoms with Crippen molar-refractivity contribution in [2.24, 2.45) is 11.8 Å². The van der Waals surface area contributed by atoms with Crippen LogP contribution in [-0.4, -0.2) is 18.1 Å². The monoisotopic (exact) mass is 249 g/mol. The Morgan fingerprint density at radius 2 is 2.22 bits per heavy atom. The lowest BCUT2D eigenvalue weighted by Gasteiger charge is -2.12. The summed E-state index contributed by atoms with van der Waals surface area (Å²) in [6, 6.07) is 3.76. The maximum Gasteiger partial charge on any atom is 0.239 e. The van der Waals surface area contributed by atoms with Crippen molar-refractivity contribution in [1.82, 2.24) is 4.98 Å². The Balaban J connectivity index is 1.87. The van der Waals surface area contributed by atoms with Crippen molar-refractivity contribution in [3.63, 3.8) is 0 Å². The largest absolute Gasteiger partial charge is 0.476 e. The Bertz CT molecular complexity index is 389. The number of nitrogen functional groups attached to an aromatic ring is 1. The Labute approximate surface area is 109 Å². The van der Waals surface area contributed by atoms with Gasteiger partial charge in [-0.25, -0.2) is 0 Å². The van der Waals surface area contributed by atoms with Crippen LogP contribution < -0.4 is 15.8 Å². The van der Waals surface area contributed by atoms with E-state index in [1.807, 2.05) is 12.1 Å². The van der Waals surface area contributed by atoms with Crippen LogP contribution >= 0.6 is 0 Å². The summed E-state index contributed by atoms with van der Waals surface area (Å²) in [5, 5.41) is 3.32. The lowest BCUT2D eigenvalue weighted by atomic mass is 10.2. The van der Waals surface area contributed by atoms with Crippen LogP contribution in [0.1, 0.15) is 33.1 Å². The molecule has 1 heterocycles. The number of ether oxygens (including phenoxy) is 1. The molecule has 1 saturated carbocycles. The first-order valence-corrected chi connectivity index (χ1v) is 6.78. The Kier molecular flexibility index (Phi) is 4.28. The summed E-state index contributed by atoms with van der Waals surface area (Å²) in [5.41, 5.74) is 6.45. The molecule has 1 aromatic rings. The van der Waals surface area contributed by atoms with Gasteiger partial charge in [-0.05, 0) is 30.4 Å². The van der Waals surface area contributed by atoms with Crippen LogP contribution in [0.5, 0.6) is 5.88 Å².